The van der Waals surface area contributed by atoms with E-state index >= 15 is 0 Å². The van der Waals surface area contributed by atoms with Crippen molar-refractivity contribution in [1.82, 2.24) is 9.97 Å². The van der Waals surface area contributed by atoms with Crippen LogP contribution in [-0.4, -0.2) is 17.1 Å². The number of alkyl halides is 3. The van der Waals surface area contributed by atoms with Crippen LogP contribution in [0.15, 0.2) is 24.4 Å². The highest BCUT2D eigenvalue weighted by molar-refractivity contribution is 6.30. The molecule has 0 bridgehead atoms. The summed E-state index contributed by atoms with van der Waals surface area (Å²) < 4.78 is 42.8. The zero-order chi connectivity index (χ0) is 15.6. The van der Waals surface area contributed by atoms with E-state index in [-0.39, 0.29) is 5.95 Å². The Labute approximate surface area is 123 Å². The number of anilines is 2. The number of hydrogen-bond donors (Lipinski definition) is 1. The van der Waals surface area contributed by atoms with Gasteiger partial charge in [0, 0.05) is 18.0 Å². The second-order valence-corrected chi connectivity index (χ2v) is 4.56. The highest BCUT2D eigenvalue weighted by Crippen LogP contribution is 2.34. The molecule has 0 unspecified atom stereocenters. The van der Waals surface area contributed by atoms with Crippen molar-refractivity contribution in [1.29, 1.82) is 0 Å². The number of hydrogen-bond acceptors (Lipinski definition) is 4. The molecule has 0 fully saturated rings. The van der Waals surface area contributed by atoms with E-state index in [4.69, 9.17) is 16.3 Å². The molecule has 0 amide bonds. The molecule has 2 aromatic rings. The molecule has 1 N–H and O–H groups in total. The van der Waals surface area contributed by atoms with Crippen LogP contribution in [0.25, 0.3) is 0 Å². The zero-order valence-corrected chi connectivity index (χ0v) is 11.9. The predicted molar refractivity (Wildman–Crippen MR) is 73.1 cm³/mol. The van der Waals surface area contributed by atoms with Crippen LogP contribution >= 0.6 is 11.6 Å². The van der Waals surface area contributed by atoms with Crippen molar-refractivity contribution < 1.29 is 17.9 Å². The summed E-state index contributed by atoms with van der Waals surface area (Å²) in [6.45, 7) is 1.83. The summed E-state index contributed by atoms with van der Waals surface area (Å²) in [5.74, 6) is 0.575. The number of benzene rings is 1. The van der Waals surface area contributed by atoms with Crippen molar-refractivity contribution in [2.75, 3.05) is 12.4 Å². The monoisotopic (exact) mass is 317 g/mol. The Balaban J connectivity index is 2.31. The first kappa shape index (κ1) is 15.4. The molecular weight excluding hydrogens is 307 g/mol. The molecular formula is C13H11ClF3N3O. The van der Waals surface area contributed by atoms with E-state index in [1.807, 2.05) is 6.92 Å². The van der Waals surface area contributed by atoms with Crippen LogP contribution in [0, 0.1) is 6.92 Å². The first-order valence-electron chi connectivity index (χ1n) is 5.82. The molecule has 0 aliphatic heterocycles. The molecule has 1 aromatic carbocycles. The summed E-state index contributed by atoms with van der Waals surface area (Å²) in [5, 5.41) is 2.16. The molecule has 4 nitrogen and oxygen atoms in total. The molecule has 0 radical (unpaired) electrons. The maximum Gasteiger partial charge on any atom is 0.420 e. The number of ether oxygens (including phenoxy) is 1. The Hall–Kier alpha value is -2.02. The van der Waals surface area contributed by atoms with Crippen LogP contribution in [0.5, 0.6) is 5.75 Å². The molecule has 21 heavy (non-hydrogen) atoms. The Morgan fingerprint density at radius 3 is 2.57 bits per heavy atom. The van der Waals surface area contributed by atoms with Gasteiger partial charge in [-0.2, -0.15) is 13.2 Å². The molecule has 0 atom stereocenters. The molecule has 0 spiro atoms. The molecule has 0 aliphatic carbocycles. The van der Waals surface area contributed by atoms with Crippen LogP contribution in [-0.2, 0) is 6.18 Å². The SMILES string of the molecule is COc1ccc(C)c(Nc2ncc(C(F)(F)F)c(Cl)n2)c1. The predicted octanol–water partition coefficient (Wildman–Crippen LogP) is 4.21. The maximum atomic E-state index is 12.6. The summed E-state index contributed by atoms with van der Waals surface area (Å²) in [4.78, 5) is 7.24. The lowest BCUT2D eigenvalue weighted by atomic mass is 10.2. The Bertz CT molecular complexity index is 662. The molecule has 1 heterocycles. The number of halogens is 4. The van der Waals surface area contributed by atoms with Gasteiger partial charge < -0.3 is 10.1 Å². The highest BCUT2D eigenvalue weighted by atomic mass is 35.5. The third kappa shape index (κ3) is 3.55. The van der Waals surface area contributed by atoms with Crippen LogP contribution in [0.4, 0.5) is 24.8 Å². The number of nitrogens with zero attached hydrogens (tertiary/aromatic N) is 2. The molecule has 8 heteroatoms. The van der Waals surface area contributed by atoms with Gasteiger partial charge >= 0.3 is 6.18 Å². The minimum atomic E-state index is -4.58. The van der Waals surface area contributed by atoms with Crippen LogP contribution < -0.4 is 10.1 Å². The molecule has 112 valence electrons. The summed E-state index contributed by atoms with van der Waals surface area (Å²) in [6, 6.07) is 5.25. The topological polar surface area (TPSA) is 47.0 Å². The van der Waals surface area contributed by atoms with Crippen molar-refractivity contribution in [3.63, 3.8) is 0 Å². The molecule has 0 saturated carbocycles. The quantitative estimate of drug-likeness (QED) is 0.861. The number of aryl methyl sites for hydroxylation is 1. The fourth-order valence-electron chi connectivity index (χ4n) is 1.59. The normalized spacial score (nSPS) is 11.3. The van der Waals surface area contributed by atoms with Gasteiger partial charge in [0.15, 0.2) is 0 Å². The smallest absolute Gasteiger partial charge is 0.420 e. The van der Waals surface area contributed by atoms with E-state index in [0.29, 0.717) is 17.6 Å². The van der Waals surface area contributed by atoms with Gasteiger partial charge in [0.1, 0.15) is 16.5 Å². The number of aromatic nitrogens is 2. The fourth-order valence-corrected chi connectivity index (χ4v) is 1.83. The zero-order valence-electron chi connectivity index (χ0n) is 11.1. The summed E-state index contributed by atoms with van der Waals surface area (Å²) in [6.07, 6.45) is -3.94. The van der Waals surface area contributed by atoms with Crippen molar-refractivity contribution >= 4 is 23.2 Å². The van der Waals surface area contributed by atoms with Crippen molar-refractivity contribution in [2.45, 2.75) is 13.1 Å². The minimum absolute atomic E-state index is 0.0237. The van der Waals surface area contributed by atoms with Gasteiger partial charge in [0.05, 0.1) is 7.11 Å². The standard InChI is InChI=1S/C13H11ClF3N3O/c1-7-3-4-8(21-2)5-10(7)19-12-18-6-9(11(14)20-12)13(15,16)17/h3-6H,1-2H3,(H,18,19,20). The van der Waals surface area contributed by atoms with Gasteiger partial charge in [0.25, 0.3) is 0 Å². The maximum absolute atomic E-state index is 12.6. The first-order chi connectivity index (χ1) is 9.81. The largest absolute Gasteiger partial charge is 0.497 e. The van der Waals surface area contributed by atoms with Crippen LogP contribution in [0.1, 0.15) is 11.1 Å². The van der Waals surface area contributed by atoms with Crippen LogP contribution in [0.3, 0.4) is 0 Å². The summed E-state index contributed by atoms with van der Waals surface area (Å²) in [7, 11) is 1.51. The van der Waals surface area contributed by atoms with E-state index in [2.05, 4.69) is 15.3 Å². The summed E-state index contributed by atoms with van der Waals surface area (Å²) >= 11 is 5.54. The second kappa shape index (κ2) is 5.77. The van der Waals surface area contributed by atoms with E-state index in [0.717, 1.165) is 5.56 Å². The fraction of sp³-hybridized carbons (Fsp3) is 0.231. The van der Waals surface area contributed by atoms with E-state index in [9.17, 15) is 13.2 Å². The molecule has 1 aromatic heterocycles. The van der Waals surface area contributed by atoms with E-state index in [1.165, 1.54) is 7.11 Å². The van der Waals surface area contributed by atoms with Gasteiger partial charge in [0.2, 0.25) is 5.95 Å². The van der Waals surface area contributed by atoms with Crippen molar-refractivity contribution in [3.8, 4) is 5.75 Å². The second-order valence-electron chi connectivity index (χ2n) is 4.20. The van der Waals surface area contributed by atoms with E-state index in [1.54, 1.807) is 18.2 Å². The number of rotatable bonds is 3. The Kier molecular flexibility index (Phi) is 4.22. The van der Waals surface area contributed by atoms with Gasteiger partial charge in [-0.1, -0.05) is 17.7 Å². The third-order valence-electron chi connectivity index (χ3n) is 2.74. The average molecular weight is 318 g/mol. The highest BCUT2D eigenvalue weighted by Gasteiger charge is 2.34. The third-order valence-corrected chi connectivity index (χ3v) is 3.03. The Morgan fingerprint density at radius 2 is 2.00 bits per heavy atom. The lowest BCUT2D eigenvalue weighted by Gasteiger charge is -2.12. The van der Waals surface area contributed by atoms with Gasteiger partial charge in [-0.25, -0.2) is 9.97 Å². The lowest BCUT2D eigenvalue weighted by Crippen LogP contribution is -2.09. The molecule has 0 saturated heterocycles. The first-order valence-corrected chi connectivity index (χ1v) is 6.20. The average Bonchev–Trinajstić information content (AvgIpc) is 2.40. The van der Waals surface area contributed by atoms with Gasteiger partial charge in [-0.3, -0.25) is 0 Å². The lowest BCUT2D eigenvalue weighted by molar-refractivity contribution is -0.137. The molecule has 2 rings (SSSR count). The number of nitrogens with one attached hydrogen (secondary N) is 1. The van der Waals surface area contributed by atoms with Crippen molar-refractivity contribution in [2.24, 2.45) is 0 Å². The molecule has 0 aliphatic rings. The van der Waals surface area contributed by atoms with Crippen molar-refractivity contribution in [3.05, 3.63) is 40.7 Å². The van der Waals surface area contributed by atoms with Gasteiger partial charge in [-0.05, 0) is 18.6 Å². The minimum Gasteiger partial charge on any atom is -0.497 e. The van der Waals surface area contributed by atoms with Crippen LogP contribution in [0.2, 0.25) is 5.15 Å². The van der Waals surface area contributed by atoms with E-state index < -0.39 is 16.9 Å². The number of methoxy groups -OCH3 is 1. The Morgan fingerprint density at radius 1 is 1.29 bits per heavy atom. The van der Waals surface area contributed by atoms with Gasteiger partial charge in [-0.15, -0.1) is 0 Å². The summed E-state index contributed by atoms with van der Waals surface area (Å²) in [5.41, 5.74) is 0.401.